The summed E-state index contributed by atoms with van der Waals surface area (Å²) in [6, 6.07) is 43.7. The third-order valence-electron chi connectivity index (χ3n) is 6.22. The van der Waals surface area contributed by atoms with Crippen LogP contribution < -0.4 is 0 Å². The van der Waals surface area contributed by atoms with Crippen molar-refractivity contribution in [1.29, 1.82) is 0 Å². The average Bonchev–Trinajstić information content (AvgIpc) is 3.18. The number of aryl methyl sites for hydroxylation is 1. The van der Waals surface area contributed by atoms with Gasteiger partial charge in [-0.3, -0.25) is 0 Å². The van der Waals surface area contributed by atoms with Crippen molar-refractivity contribution in [2.75, 3.05) is 0 Å². The number of hydrogen-bond donors (Lipinski definition) is 0. The van der Waals surface area contributed by atoms with Gasteiger partial charge in [-0.1, -0.05) is 90.5 Å². The number of aromatic nitrogens is 1. The molecule has 0 radical (unpaired) electrons. The highest BCUT2D eigenvalue weighted by molar-refractivity contribution is 6.09. The lowest BCUT2D eigenvalue weighted by Crippen LogP contribution is -1.96. The van der Waals surface area contributed by atoms with Crippen molar-refractivity contribution in [2.45, 2.75) is 6.92 Å². The summed E-state index contributed by atoms with van der Waals surface area (Å²) in [6.45, 7) is 2.16. The minimum atomic E-state index is 1.18. The minimum absolute atomic E-state index is 1.18. The van der Waals surface area contributed by atoms with Gasteiger partial charge in [0.1, 0.15) is 0 Å². The molecule has 0 N–H and O–H groups in total. The van der Waals surface area contributed by atoms with Gasteiger partial charge in [-0.05, 0) is 65.6 Å². The molecule has 0 aliphatic rings. The Hall–Kier alpha value is -4.10. The molecule has 0 aliphatic heterocycles. The standard InChI is InChI=1S/C31H23N/c1-22-16-17-31-29(18-22)28-14-8-9-15-30(28)32(31)27-20-25(23-10-4-2-5-11-23)19-26(21-27)24-12-6-3-7-13-24/h2-21H,1H3. The van der Waals surface area contributed by atoms with E-state index in [-0.39, 0.29) is 0 Å². The molecular weight excluding hydrogens is 386 g/mol. The fraction of sp³-hybridized carbons (Fsp3) is 0.0323. The second-order valence-electron chi connectivity index (χ2n) is 8.37. The Morgan fingerprint density at radius 3 is 1.66 bits per heavy atom. The third-order valence-corrected chi connectivity index (χ3v) is 6.22. The van der Waals surface area contributed by atoms with Crippen LogP contribution in [0.1, 0.15) is 5.56 Å². The highest BCUT2D eigenvalue weighted by Gasteiger charge is 2.14. The zero-order valence-corrected chi connectivity index (χ0v) is 18.0. The van der Waals surface area contributed by atoms with Crippen LogP contribution in [0.2, 0.25) is 0 Å². The van der Waals surface area contributed by atoms with Crippen molar-refractivity contribution in [3.63, 3.8) is 0 Å². The third kappa shape index (κ3) is 3.11. The van der Waals surface area contributed by atoms with E-state index in [1.165, 1.54) is 55.3 Å². The number of fused-ring (bicyclic) bond motifs is 3. The van der Waals surface area contributed by atoms with Crippen molar-refractivity contribution in [1.82, 2.24) is 4.57 Å². The van der Waals surface area contributed by atoms with Crippen molar-refractivity contribution >= 4 is 21.8 Å². The highest BCUT2D eigenvalue weighted by atomic mass is 15.0. The zero-order valence-electron chi connectivity index (χ0n) is 18.0. The van der Waals surface area contributed by atoms with E-state index >= 15 is 0 Å². The molecule has 6 aromatic rings. The van der Waals surface area contributed by atoms with Gasteiger partial charge in [0, 0.05) is 16.5 Å². The van der Waals surface area contributed by atoms with Crippen LogP contribution in [0.5, 0.6) is 0 Å². The molecule has 0 amide bonds. The Balaban J connectivity index is 1.70. The molecule has 1 aromatic heterocycles. The molecule has 32 heavy (non-hydrogen) atoms. The van der Waals surface area contributed by atoms with Gasteiger partial charge in [-0.25, -0.2) is 0 Å². The van der Waals surface area contributed by atoms with Crippen molar-refractivity contribution < 1.29 is 0 Å². The summed E-state index contributed by atoms with van der Waals surface area (Å²) >= 11 is 0. The quantitative estimate of drug-likeness (QED) is 0.276. The van der Waals surface area contributed by atoms with Gasteiger partial charge >= 0.3 is 0 Å². The first-order valence-corrected chi connectivity index (χ1v) is 11.0. The van der Waals surface area contributed by atoms with Gasteiger partial charge in [0.05, 0.1) is 11.0 Å². The Morgan fingerprint density at radius 1 is 0.438 bits per heavy atom. The molecule has 0 saturated carbocycles. The summed E-state index contributed by atoms with van der Waals surface area (Å²) in [6.07, 6.45) is 0. The molecular formula is C31H23N. The average molecular weight is 410 g/mol. The highest BCUT2D eigenvalue weighted by Crippen LogP contribution is 2.36. The largest absolute Gasteiger partial charge is 0.309 e. The number of nitrogens with zero attached hydrogens (tertiary/aromatic N) is 1. The monoisotopic (exact) mass is 409 g/mol. The molecule has 152 valence electrons. The zero-order chi connectivity index (χ0) is 21.5. The van der Waals surface area contributed by atoms with E-state index in [1.54, 1.807) is 0 Å². The number of hydrogen-bond acceptors (Lipinski definition) is 0. The molecule has 1 heterocycles. The van der Waals surface area contributed by atoms with Crippen molar-refractivity contribution in [3.05, 3.63) is 127 Å². The fourth-order valence-corrected chi connectivity index (χ4v) is 4.70. The van der Waals surface area contributed by atoms with Gasteiger partial charge in [-0.2, -0.15) is 0 Å². The minimum Gasteiger partial charge on any atom is -0.309 e. The first kappa shape index (κ1) is 18.7. The molecule has 5 aromatic carbocycles. The van der Waals surface area contributed by atoms with Crippen LogP contribution in [0.4, 0.5) is 0 Å². The summed E-state index contributed by atoms with van der Waals surface area (Å²) in [5, 5.41) is 2.59. The first-order valence-electron chi connectivity index (χ1n) is 11.0. The van der Waals surface area contributed by atoms with E-state index in [9.17, 15) is 0 Å². The fourth-order valence-electron chi connectivity index (χ4n) is 4.70. The van der Waals surface area contributed by atoms with E-state index in [4.69, 9.17) is 0 Å². The maximum absolute atomic E-state index is 2.41. The van der Waals surface area contributed by atoms with Crippen LogP contribution in [0.25, 0.3) is 49.7 Å². The summed E-state index contributed by atoms with van der Waals surface area (Å²) in [7, 11) is 0. The van der Waals surface area contributed by atoms with Crippen LogP contribution in [0.15, 0.2) is 121 Å². The molecule has 0 unspecified atom stereocenters. The van der Waals surface area contributed by atoms with Crippen LogP contribution in [0, 0.1) is 6.92 Å². The summed E-state index contributed by atoms with van der Waals surface area (Å²) in [5.74, 6) is 0. The van der Waals surface area contributed by atoms with Gasteiger partial charge in [-0.15, -0.1) is 0 Å². The lowest BCUT2D eigenvalue weighted by atomic mass is 9.98. The second kappa shape index (κ2) is 7.55. The predicted molar refractivity (Wildman–Crippen MR) is 136 cm³/mol. The SMILES string of the molecule is Cc1ccc2c(c1)c1ccccc1n2-c1cc(-c2ccccc2)cc(-c2ccccc2)c1. The van der Waals surface area contributed by atoms with E-state index in [0.29, 0.717) is 0 Å². The van der Waals surface area contributed by atoms with Crippen molar-refractivity contribution in [2.24, 2.45) is 0 Å². The molecule has 0 spiro atoms. The van der Waals surface area contributed by atoms with Crippen LogP contribution >= 0.6 is 0 Å². The number of benzene rings is 5. The second-order valence-corrected chi connectivity index (χ2v) is 8.37. The molecule has 0 bridgehead atoms. The Bertz CT molecular complexity index is 1500. The topological polar surface area (TPSA) is 4.93 Å². The molecule has 1 nitrogen and oxygen atoms in total. The van der Waals surface area contributed by atoms with Gasteiger partial charge in [0.2, 0.25) is 0 Å². The van der Waals surface area contributed by atoms with E-state index < -0.39 is 0 Å². The van der Waals surface area contributed by atoms with Crippen LogP contribution in [-0.2, 0) is 0 Å². The maximum Gasteiger partial charge on any atom is 0.0541 e. The smallest absolute Gasteiger partial charge is 0.0541 e. The molecule has 1 heteroatoms. The Kier molecular flexibility index (Phi) is 4.40. The number of rotatable bonds is 3. The number of para-hydroxylation sites is 1. The Labute approximate surface area is 188 Å². The maximum atomic E-state index is 2.41. The Morgan fingerprint density at radius 2 is 1.00 bits per heavy atom. The molecule has 0 aliphatic carbocycles. The van der Waals surface area contributed by atoms with E-state index in [0.717, 1.165) is 0 Å². The normalized spacial score (nSPS) is 11.3. The van der Waals surface area contributed by atoms with Gasteiger partial charge in [0.15, 0.2) is 0 Å². The van der Waals surface area contributed by atoms with Gasteiger partial charge in [0.25, 0.3) is 0 Å². The molecule has 0 atom stereocenters. The summed E-state index contributed by atoms with van der Waals surface area (Å²) in [4.78, 5) is 0. The van der Waals surface area contributed by atoms with Crippen molar-refractivity contribution in [3.8, 4) is 27.9 Å². The lowest BCUT2D eigenvalue weighted by Gasteiger charge is -2.14. The summed E-state index contributed by atoms with van der Waals surface area (Å²) < 4.78 is 2.41. The van der Waals surface area contributed by atoms with E-state index in [1.807, 2.05) is 0 Å². The van der Waals surface area contributed by atoms with Gasteiger partial charge < -0.3 is 4.57 Å². The first-order chi connectivity index (χ1) is 15.8. The van der Waals surface area contributed by atoms with E-state index in [2.05, 4.69) is 133 Å². The lowest BCUT2D eigenvalue weighted by molar-refractivity contribution is 1.18. The summed E-state index contributed by atoms with van der Waals surface area (Å²) in [5.41, 5.74) is 9.83. The van der Waals surface area contributed by atoms with Crippen LogP contribution in [-0.4, -0.2) is 4.57 Å². The predicted octanol–water partition coefficient (Wildman–Crippen LogP) is 8.43. The molecule has 6 rings (SSSR count). The van der Waals surface area contributed by atoms with Crippen LogP contribution in [0.3, 0.4) is 0 Å². The molecule has 0 fully saturated rings. The molecule has 0 saturated heterocycles.